The van der Waals surface area contributed by atoms with Crippen LogP contribution in [0.1, 0.15) is 68.9 Å². The first kappa shape index (κ1) is 47.0. The zero-order valence-corrected chi connectivity index (χ0v) is 38.4. The third kappa shape index (κ3) is 10.3. The van der Waals surface area contributed by atoms with Crippen LogP contribution >= 0.6 is 11.8 Å². The van der Waals surface area contributed by atoms with E-state index >= 15 is 0 Å². The molecule has 0 unspecified atom stereocenters. The number of oxime groups is 1. The number of benzene rings is 4. The Kier molecular flexibility index (Phi) is 15.7. The fourth-order valence-corrected chi connectivity index (χ4v) is 11.3. The number of nitrogens with one attached hydrogen (secondary N) is 1. The molecule has 12 nitrogen and oxygen atoms in total. The Labute approximate surface area is 381 Å². The molecule has 7 rings (SSSR count). The SMILES string of the molecule is C=CCO[C@@]12Oc3ccc(Oc4ccc(SC)cc4)cc3[C@H]3[C@H](CCCCO)[C@@H](CCCCO)C=C(C(=NOCc4ccccc4)C[C@@H]1N(C)S(=O)(=O)c1ccc(NC(C)=O)cc1)[C@H]32. The number of nitrogens with zero attached hydrogens (tertiary/aromatic N) is 2. The van der Waals surface area contributed by atoms with Crippen molar-refractivity contribution in [2.24, 2.45) is 22.9 Å². The molecule has 4 aromatic rings. The normalized spacial score (nSPS) is 23.1. The molecule has 2 aliphatic carbocycles. The molecule has 0 bridgehead atoms. The quantitative estimate of drug-likeness (QED) is 0.0319. The van der Waals surface area contributed by atoms with E-state index < -0.39 is 27.8 Å². The lowest BCUT2D eigenvalue weighted by molar-refractivity contribution is -0.250. The number of aliphatic hydroxyl groups excluding tert-OH is 2. The molecule has 14 heteroatoms. The van der Waals surface area contributed by atoms with Crippen molar-refractivity contribution < 1.29 is 42.5 Å². The number of rotatable bonds is 21. The molecule has 1 amide bonds. The van der Waals surface area contributed by atoms with E-state index in [2.05, 4.69) is 18.0 Å². The van der Waals surface area contributed by atoms with Crippen LogP contribution in [0.4, 0.5) is 5.69 Å². The summed E-state index contributed by atoms with van der Waals surface area (Å²) in [5, 5.41) is 27.5. The van der Waals surface area contributed by atoms with Gasteiger partial charge in [-0.05, 0) is 122 Å². The third-order valence-corrected chi connectivity index (χ3v) is 15.1. The van der Waals surface area contributed by atoms with E-state index in [0.29, 0.717) is 41.5 Å². The second-order valence-electron chi connectivity index (χ2n) is 16.5. The highest BCUT2D eigenvalue weighted by molar-refractivity contribution is 7.98. The fourth-order valence-electron chi connectivity index (χ4n) is 9.55. The van der Waals surface area contributed by atoms with Crippen molar-refractivity contribution in [3.63, 3.8) is 0 Å². The van der Waals surface area contributed by atoms with Crippen LogP contribution in [0.5, 0.6) is 17.2 Å². The summed E-state index contributed by atoms with van der Waals surface area (Å²) in [7, 11) is -2.70. The largest absolute Gasteiger partial charge is 0.460 e. The van der Waals surface area contributed by atoms with Crippen molar-refractivity contribution in [1.29, 1.82) is 0 Å². The minimum absolute atomic E-state index is 0.0158. The monoisotopic (exact) mass is 909 g/mol. The molecule has 0 radical (unpaired) electrons. The van der Waals surface area contributed by atoms with Gasteiger partial charge in [-0.1, -0.05) is 60.5 Å². The maximum Gasteiger partial charge on any atom is 0.243 e. The molecule has 64 heavy (non-hydrogen) atoms. The molecule has 1 heterocycles. The number of ether oxygens (including phenoxy) is 3. The van der Waals surface area contributed by atoms with Crippen LogP contribution in [0, 0.1) is 17.8 Å². The lowest BCUT2D eigenvalue weighted by Gasteiger charge is -2.59. The van der Waals surface area contributed by atoms with Crippen LogP contribution in [0.3, 0.4) is 0 Å². The van der Waals surface area contributed by atoms with E-state index in [-0.39, 0.29) is 61.4 Å². The van der Waals surface area contributed by atoms with Crippen LogP contribution in [-0.4, -0.2) is 79.5 Å². The average molecular weight is 910 g/mol. The van der Waals surface area contributed by atoms with Crippen molar-refractivity contribution >= 4 is 39.1 Å². The predicted octanol–water partition coefficient (Wildman–Crippen LogP) is 9.31. The molecule has 0 spiro atoms. The maximum atomic E-state index is 14.9. The Morgan fingerprint density at radius 3 is 2.34 bits per heavy atom. The number of hydrogen-bond donors (Lipinski definition) is 3. The predicted molar refractivity (Wildman–Crippen MR) is 250 cm³/mol. The zero-order valence-electron chi connectivity index (χ0n) is 36.7. The number of hydrogen-bond acceptors (Lipinski definition) is 11. The van der Waals surface area contributed by atoms with Gasteiger partial charge in [0, 0.05) is 55.7 Å². The lowest BCUT2D eigenvalue weighted by Crippen LogP contribution is -2.69. The number of sulfonamides is 1. The summed E-state index contributed by atoms with van der Waals surface area (Å²) in [6.45, 7) is 5.78. The number of amides is 1. The van der Waals surface area contributed by atoms with Gasteiger partial charge in [-0.2, -0.15) is 4.31 Å². The summed E-state index contributed by atoms with van der Waals surface area (Å²) in [6, 6.07) is 28.6. The molecule has 0 saturated heterocycles. The highest BCUT2D eigenvalue weighted by atomic mass is 32.2. The Morgan fingerprint density at radius 1 is 0.969 bits per heavy atom. The summed E-state index contributed by atoms with van der Waals surface area (Å²) < 4.78 is 51.9. The number of allylic oxidation sites excluding steroid dienone is 1. The standard InChI is InChI=1S/C50H59N3O9S2/c1-5-29-59-50-47(53(3)64(57,58)41-24-17-37(18-25-41)51-34(2)56)32-45(52-60-33-35-13-7-6-8-14-35)43-30-36(15-9-11-27-54)42(16-10-12-28-55)48(49(43)50)44-31-39(21-26-46(44)62-50)61-38-19-22-40(63-4)23-20-38/h5-8,13-14,17-26,30-31,36,42,47-49,54-55H,1,9-12,15-16,27-29,32-33H2,2-4H3,(H,51,56)/t36-,42+,47-,48+,49+,50+/m0/s1. The zero-order chi connectivity index (χ0) is 45.3. The summed E-state index contributed by atoms with van der Waals surface area (Å²) in [5.74, 6) is -0.897. The number of unbranched alkanes of at least 4 members (excludes halogenated alkanes) is 2. The van der Waals surface area contributed by atoms with E-state index in [4.69, 9.17) is 24.2 Å². The van der Waals surface area contributed by atoms with Crippen molar-refractivity contribution in [3.8, 4) is 17.2 Å². The highest BCUT2D eigenvalue weighted by Crippen LogP contribution is 2.62. The van der Waals surface area contributed by atoms with Gasteiger partial charge in [0.05, 0.1) is 29.2 Å². The smallest absolute Gasteiger partial charge is 0.243 e. The number of carbonyl (C=O) groups is 1. The van der Waals surface area contributed by atoms with Crippen molar-refractivity contribution in [1.82, 2.24) is 4.31 Å². The molecular formula is C50H59N3O9S2. The number of anilines is 1. The first-order valence-electron chi connectivity index (χ1n) is 21.9. The van der Waals surface area contributed by atoms with Crippen LogP contribution in [-0.2, 0) is 31.0 Å². The number of fused-ring (bicyclic) bond motifs is 2. The van der Waals surface area contributed by atoms with Crippen LogP contribution in [0.25, 0.3) is 0 Å². The van der Waals surface area contributed by atoms with Gasteiger partial charge in [0.25, 0.3) is 0 Å². The van der Waals surface area contributed by atoms with Gasteiger partial charge in [0.2, 0.25) is 21.7 Å². The Hall–Kier alpha value is -4.96. The van der Waals surface area contributed by atoms with Crippen molar-refractivity contribution in [3.05, 3.63) is 132 Å². The highest BCUT2D eigenvalue weighted by Gasteiger charge is 2.65. The second kappa shape index (κ2) is 21.4. The fraction of sp³-hybridized carbons (Fsp3) is 0.400. The van der Waals surface area contributed by atoms with E-state index in [1.807, 2.05) is 79.1 Å². The van der Waals surface area contributed by atoms with Gasteiger partial charge in [0.15, 0.2) is 0 Å². The molecule has 4 aromatic carbocycles. The third-order valence-electron chi connectivity index (χ3n) is 12.5. The van der Waals surface area contributed by atoms with E-state index in [9.17, 15) is 23.4 Å². The first-order valence-corrected chi connectivity index (χ1v) is 24.6. The van der Waals surface area contributed by atoms with Gasteiger partial charge in [0.1, 0.15) is 23.9 Å². The maximum absolute atomic E-state index is 14.9. The van der Waals surface area contributed by atoms with Crippen LogP contribution < -0.4 is 14.8 Å². The minimum atomic E-state index is -4.24. The molecule has 3 N–H and O–H groups in total. The topological polar surface area (TPSA) is 156 Å². The molecular weight excluding hydrogens is 851 g/mol. The molecule has 340 valence electrons. The summed E-state index contributed by atoms with van der Waals surface area (Å²) in [5.41, 5.74) is 3.75. The Balaban J connectivity index is 1.42. The molecule has 1 saturated carbocycles. The van der Waals surface area contributed by atoms with Gasteiger partial charge < -0.3 is 34.6 Å². The summed E-state index contributed by atoms with van der Waals surface area (Å²) in [4.78, 5) is 19.1. The molecule has 0 aromatic heterocycles. The summed E-state index contributed by atoms with van der Waals surface area (Å²) >= 11 is 1.65. The molecule has 6 atom stereocenters. The van der Waals surface area contributed by atoms with Gasteiger partial charge >= 0.3 is 0 Å². The van der Waals surface area contributed by atoms with Crippen molar-refractivity contribution in [2.45, 2.75) is 86.0 Å². The minimum Gasteiger partial charge on any atom is -0.460 e. The molecule has 3 aliphatic rings. The lowest BCUT2D eigenvalue weighted by atomic mass is 9.55. The number of likely N-dealkylation sites (N-methyl/N-ethyl adjacent to an activating group) is 1. The number of aliphatic hydroxyl groups is 2. The molecule has 1 aliphatic heterocycles. The van der Waals surface area contributed by atoms with Crippen LogP contribution in [0.15, 0.2) is 136 Å². The molecule has 1 fully saturated rings. The number of carbonyl (C=O) groups excluding carboxylic acids is 1. The van der Waals surface area contributed by atoms with Crippen molar-refractivity contribution in [2.75, 3.05) is 38.4 Å². The van der Waals surface area contributed by atoms with E-state index in [0.717, 1.165) is 47.3 Å². The number of thioether (sulfide) groups is 1. The van der Waals surface area contributed by atoms with E-state index in [1.165, 1.54) is 23.4 Å². The second-order valence-corrected chi connectivity index (χ2v) is 19.4. The van der Waals surface area contributed by atoms with Gasteiger partial charge in [-0.3, -0.25) is 4.79 Å². The first-order chi connectivity index (χ1) is 31.0. The Morgan fingerprint density at radius 2 is 1.67 bits per heavy atom. The van der Waals surface area contributed by atoms with Gasteiger partial charge in [-0.15, -0.1) is 18.3 Å². The Bertz CT molecular complexity index is 2390. The van der Waals surface area contributed by atoms with E-state index in [1.54, 1.807) is 37.0 Å². The summed E-state index contributed by atoms with van der Waals surface area (Å²) in [6.07, 6.45) is 10.4. The van der Waals surface area contributed by atoms with Crippen LogP contribution in [0.2, 0.25) is 0 Å². The van der Waals surface area contributed by atoms with Gasteiger partial charge in [-0.25, -0.2) is 8.42 Å². The average Bonchev–Trinajstić information content (AvgIpc) is 3.30.